The zero-order chi connectivity index (χ0) is 17.8. The Kier molecular flexibility index (Phi) is 5.11. The maximum atomic E-state index is 12.1. The number of carbonyl (C=O) groups excluding carboxylic acids is 1. The first kappa shape index (κ1) is 17.1. The first-order chi connectivity index (χ1) is 12.1. The molecule has 3 rings (SSSR count). The molecule has 132 valence electrons. The summed E-state index contributed by atoms with van der Waals surface area (Å²) in [5, 5.41) is 18.2. The number of allylic oxidation sites excluding steroid dienone is 1. The highest BCUT2D eigenvalue weighted by molar-refractivity contribution is 6.08. The lowest BCUT2D eigenvalue weighted by molar-refractivity contribution is -0.133. The van der Waals surface area contributed by atoms with E-state index in [1.807, 2.05) is 11.1 Å². The molecular formula is C18H24N6O. The van der Waals surface area contributed by atoms with Crippen LogP contribution in [0, 0.1) is 16.7 Å². The normalized spacial score (nSPS) is 18.7. The van der Waals surface area contributed by atoms with Crippen molar-refractivity contribution in [3.05, 3.63) is 29.7 Å². The second-order valence-electron chi connectivity index (χ2n) is 6.63. The summed E-state index contributed by atoms with van der Waals surface area (Å²) in [6, 6.07) is 2.02. The largest absolute Gasteiger partial charge is 0.397 e. The van der Waals surface area contributed by atoms with Gasteiger partial charge in [-0.3, -0.25) is 9.78 Å². The molecule has 2 aliphatic rings. The maximum absolute atomic E-state index is 12.1. The number of hydrogen-bond donors (Lipinski definition) is 4. The molecule has 7 nitrogen and oxygen atoms in total. The zero-order valence-corrected chi connectivity index (χ0v) is 14.2. The average molecular weight is 340 g/mol. The highest BCUT2D eigenvalue weighted by Gasteiger charge is 2.34. The van der Waals surface area contributed by atoms with Crippen molar-refractivity contribution in [1.82, 2.24) is 15.2 Å². The standard InChI is InChI=1S/C18H24N6O/c19-8-14(13-7-16(21)17(9-20)23-10-13)11-22-15-3-5-24(6-4-15)18(25)12-1-2-12/h7-12,15,19-20,22H,1-6,21H2/b14-11+,19-8?,20-9?. The summed E-state index contributed by atoms with van der Waals surface area (Å²) in [5.41, 5.74) is 8.14. The van der Waals surface area contributed by atoms with Crippen LogP contribution in [-0.4, -0.2) is 47.4 Å². The third-order valence-corrected chi connectivity index (χ3v) is 4.78. The zero-order valence-electron chi connectivity index (χ0n) is 14.2. The predicted molar refractivity (Wildman–Crippen MR) is 98.8 cm³/mol. The number of pyridine rings is 1. The summed E-state index contributed by atoms with van der Waals surface area (Å²) >= 11 is 0. The van der Waals surface area contributed by atoms with E-state index in [-0.39, 0.29) is 5.92 Å². The van der Waals surface area contributed by atoms with E-state index in [4.69, 9.17) is 16.6 Å². The predicted octanol–water partition coefficient (Wildman–Crippen LogP) is 1.64. The number of likely N-dealkylation sites (tertiary alicyclic amines) is 1. The van der Waals surface area contributed by atoms with Crippen molar-refractivity contribution < 1.29 is 4.79 Å². The van der Waals surface area contributed by atoms with Gasteiger partial charge in [0.25, 0.3) is 0 Å². The van der Waals surface area contributed by atoms with E-state index in [2.05, 4.69) is 10.3 Å². The van der Waals surface area contributed by atoms with Crippen molar-refractivity contribution >= 4 is 29.6 Å². The van der Waals surface area contributed by atoms with Crippen LogP contribution in [0.1, 0.15) is 36.9 Å². The summed E-state index contributed by atoms with van der Waals surface area (Å²) in [7, 11) is 0. The van der Waals surface area contributed by atoms with Crippen molar-refractivity contribution in [2.24, 2.45) is 5.92 Å². The lowest BCUT2D eigenvalue weighted by Crippen LogP contribution is -2.44. The number of nitrogen functional groups attached to an aromatic ring is 1. The Labute approximate surface area is 147 Å². The number of nitrogens with one attached hydrogen (secondary N) is 3. The molecule has 1 aliphatic carbocycles. The highest BCUT2D eigenvalue weighted by atomic mass is 16.2. The van der Waals surface area contributed by atoms with E-state index in [1.54, 1.807) is 12.3 Å². The summed E-state index contributed by atoms with van der Waals surface area (Å²) in [6.07, 6.45) is 9.73. The summed E-state index contributed by atoms with van der Waals surface area (Å²) in [5.74, 6) is 0.609. The first-order valence-electron chi connectivity index (χ1n) is 8.64. The van der Waals surface area contributed by atoms with Gasteiger partial charge in [-0.15, -0.1) is 0 Å². The van der Waals surface area contributed by atoms with Crippen molar-refractivity contribution in [1.29, 1.82) is 10.8 Å². The second-order valence-corrected chi connectivity index (χ2v) is 6.63. The fraction of sp³-hybridized carbons (Fsp3) is 0.444. The van der Waals surface area contributed by atoms with E-state index < -0.39 is 0 Å². The molecule has 1 aliphatic heterocycles. The van der Waals surface area contributed by atoms with E-state index in [0.717, 1.165) is 50.6 Å². The van der Waals surface area contributed by atoms with Crippen LogP contribution >= 0.6 is 0 Å². The second kappa shape index (κ2) is 7.46. The molecular weight excluding hydrogens is 316 g/mol. The minimum absolute atomic E-state index is 0.288. The van der Waals surface area contributed by atoms with E-state index in [1.165, 1.54) is 6.21 Å². The molecule has 1 aromatic heterocycles. The van der Waals surface area contributed by atoms with Crippen molar-refractivity contribution in [3.8, 4) is 0 Å². The molecule has 0 atom stereocenters. The van der Waals surface area contributed by atoms with Crippen LogP contribution in [0.15, 0.2) is 18.5 Å². The van der Waals surface area contributed by atoms with Crippen molar-refractivity contribution in [2.45, 2.75) is 31.7 Å². The molecule has 25 heavy (non-hydrogen) atoms. The number of rotatable bonds is 6. The van der Waals surface area contributed by atoms with Crippen molar-refractivity contribution in [3.63, 3.8) is 0 Å². The Morgan fingerprint density at radius 3 is 2.56 bits per heavy atom. The number of nitrogens with two attached hydrogens (primary N) is 1. The number of aromatic nitrogens is 1. The van der Waals surface area contributed by atoms with Gasteiger partial charge in [-0.2, -0.15) is 0 Å². The van der Waals surface area contributed by atoms with Crippen LogP contribution in [0.2, 0.25) is 0 Å². The van der Waals surface area contributed by atoms with E-state index >= 15 is 0 Å². The monoisotopic (exact) mass is 340 g/mol. The fourth-order valence-corrected chi connectivity index (χ4v) is 3.04. The number of amides is 1. The average Bonchev–Trinajstić information content (AvgIpc) is 3.47. The minimum Gasteiger partial charge on any atom is -0.397 e. The molecule has 2 heterocycles. The van der Waals surface area contributed by atoms with Gasteiger partial charge < -0.3 is 26.8 Å². The lowest BCUT2D eigenvalue weighted by Gasteiger charge is -2.32. The fourth-order valence-electron chi connectivity index (χ4n) is 3.04. The van der Waals surface area contributed by atoms with Gasteiger partial charge in [-0.1, -0.05) is 0 Å². The molecule has 7 heteroatoms. The van der Waals surface area contributed by atoms with E-state index in [0.29, 0.717) is 28.9 Å². The number of piperidine rings is 1. The molecule has 1 amide bonds. The van der Waals surface area contributed by atoms with Gasteiger partial charge in [-0.05, 0) is 31.7 Å². The Hall–Kier alpha value is -2.70. The third kappa shape index (κ3) is 4.04. The van der Waals surface area contributed by atoms with Crippen LogP contribution in [-0.2, 0) is 4.79 Å². The summed E-state index contributed by atoms with van der Waals surface area (Å²) in [6.45, 7) is 1.59. The SMILES string of the molecule is N=C/C(=C\NC1CCN(C(=O)C2CC2)CC1)c1cnc(C=N)c(N)c1. The number of carbonyl (C=O) groups is 1. The third-order valence-electron chi connectivity index (χ3n) is 4.78. The van der Waals surface area contributed by atoms with Crippen LogP contribution in [0.5, 0.6) is 0 Å². The number of nitrogens with zero attached hydrogens (tertiary/aromatic N) is 2. The van der Waals surface area contributed by atoms with Crippen LogP contribution in [0.4, 0.5) is 5.69 Å². The molecule has 1 aromatic rings. The molecule has 1 saturated carbocycles. The topological polar surface area (TPSA) is 119 Å². The molecule has 0 unspecified atom stereocenters. The lowest BCUT2D eigenvalue weighted by atomic mass is 10.0. The summed E-state index contributed by atoms with van der Waals surface area (Å²) in [4.78, 5) is 18.2. The first-order valence-corrected chi connectivity index (χ1v) is 8.64. The van der Waals surface area contributed by atoms with Crippen LogP contribution < -0.4 is 11.1 Å². The Bertz CT molecular complexity index is 702. The Morgan fingerprint density at radius 2 is 2.00 bits per heavy atom. The molecule has 5 N–H and O–H groups in total. The van der Waals surface area contributed by atoms with Gasteiger partial charge in [0.2, 0.25) is 5.91 Å². The van der Waals surface area contributed by atoms with Gasteiger partial charge in [0.15, 0.2) is 0 Å². The Morgan fingerprint density at radius 1 is 1.28 bits per heavy atom. The molecule has 0 bridgehead atoms. The number of anilines is 1. The highest BCUT2D eigenvalue weighted by Crippen LogP contribution is 2.31. The molecule has 0 aromatic carbocycles. The van der Waals surface area contributed by atoms with Gasteiger partial charge in [0, 0.05) is 61.0 Å². The van der Waals surface area contributed by atoms with Gasteiger partial charge in [0.05, 0.1) is 5.69 Å². The molecule has 1 saturated heterocycles. The number of hydrogen-bond acceptors (Lipinski definition) is 6. The summed E-state index contributed by atoms with van der Waals surface area (Å²) < 4.78 is 0. The minimum atomic E-state index is 0.288. The van der Waals surface area contributed by atoms with Crippen LogP contribution in [0.3, 0.4) is 0 Å². The quantitative estimate of drug-likeness (QED) is 0.589. The molecule has 0 radical (unpaired) electrons. The van der Waals surface area contributed by atoms with E-state index in [9.17, 15) is 4.79 Å². The van der Waals surface area contributed by atoms with Gasteiger partial charge in [-0.25, -0.2) is 0 Å². The van der Waals surface area contributed by atoms with Crippen LogP contribution in [0.25, 0.3) is 5.57 Å². The molecule has 0 spiro atoms. The Balaban J connectivity index is 1.58. The van der Waals surface area contributed by atoms with Gasteiger partial charge in [0.1, 0.15) is 5.69 Å². The van der Waals surface area contributed by atoms with Gasteiger partial charge >= 0.3 is 0 Å². The maximum Gasteiger partial charge on any atom is 0.225 e. The van der Waals surface area contributed by atoms with Crippen molar-refractivity contribution in [2.75, 3.05) is 18.8 Å². The molecule has 2 fully saturated rings. The smallest absolute Gasteiger partial charge is 0.225 e.